The van der Waals surface area contributed by atoms with Crippen LogP contribution in [0.3, 0.4) is 0 Å². The van der Waals surface area contributed by atoms with Crippen LogP contribution in [0.1, 0.15) is 26.4 Å². The van der Waals surface area contributed by atoms with Gasteiger partial charge in [-0.25, -0.2) is 0 Å². The molecule has 0 bridgehead atoms. The Balaban J connectivity index is 1.96. The SMILES string of the molecule is Cc1cscc1CNC(=O)c1csc(C#CCN)c1. The lowest BCUT2D eigenvalue weighted by molar-refractivity contribution is 0.0951. The molecule has 0 radical (unpaired) electrons. The Morgan fingerprint density at radius 2 is 2.26 bits per heavy atom. The predicted octanol–water partition coefficient (Wildman–Crippen LogP) is 2.36. The summed E-state index contributed by atoms with van der Waals surface area (Å²) in [6.07, 6.45) is 0. The quantitative estimate of drug-likeness (QED) is 0.853. The summed E-state index contributed by atoms with van der Waals surface area (Å²) in [6.45, 7) is 2.94. The second-order valence-electron chi connectivity index (χ2n) is 3.97. The first kappa shape index (κ1) is 13.8. The van der Waals surface area contributed by atoms with Crippen molar-refractivity contribution in [2.75, 3.05) is 6.54 Å². The van der Waals surface area contributed by atoms with Crippen molar-refractivity contribution in [2.24, 2.45) is 5.73 Å². The number of nitrogens with two attached hydrogens (primary N) is 1. The molecular weight excluding hydrogens is 276 g/mol. The first-order valence-electron chi connectivity index (χ1n) is 5.78. The number of aryl methyl sites for hydroxylation is 1. The van der Waals surface area contributed by atoms with E-state index in [1.54, 1.807) is 17.4 Å². The minimum absolute atomic E-state index is 0.0670. The minimum Gasteiger partial charge on any atom is -0.348 e. The Morgan fingerprint density at radius 1 is 1.42 bits per heavy atom. The summed E-state index contributed by atoms with van der Waals surface area (Å²) in [5.41, 5.74) is 8.34. The van der Waals surface area contributed by atoms with Crippen molar-refractivity contribution in [3.8, 4) is 11.8 Å². The molecule has 2 heterocycles. The Hall–Kier alpha value is -1.61. The summed E-state index contributed by atoms with van der Waals surface area (Å²) in [5, 5.41) is 8.86. The van der Waals surface area contributed by atoms with Crippen molar-refractivity contribution in [3.63, 3.8) is 0 Å². The lowest BCUT2D eigenvalue weighted by Crippen LogP contribution is -2.22. The van der Waals surface area contributed by atoms with E-state index in [1.165, 1.54) is 16.9 Å². The van der Waals surface area contributed by atoms with Gasteiger partial charge < -0.3 is 11.1 Å². The maximum atomic E-state index is 12.0. The number of rotatable bonds is 3. The zero-order valence-corrected chi connectivity index (χ0v) is 12.2. The largest absolute Gasteiger partial charge is 0.348 e. The van der Waals surface area contributed by atoms with E-state index < -0.39 is 0 Å². The summed E-state index contributed by atoms with van der Waals surface area (Å²) in [5.74, 6) is 5.63. The molecule has 19 heavy (non-hydrogen) atoms. The highest BCUT2D eigenvalue weighted by molar-refractivity contribution is 7.10. The Labute approximate surface area is 120 Å². The first-order valence-corrected chi connectivity index (χ1v) is 7.60. The molecule has 0 atom stereocenters. The van der Waals surface area contributed by atoms with Gasteiger partial charge in [-0.3, -0.25) is 4.79 Å². The molecule has 0 aromatic carbocycles. The molecule has 0 aliphatic heterocycles. The van der Waals surface area contributed by atoms with Crippen LogP contribution >= 0.6 is 22.7 Å². The van der Waals surface area contributed by atoms with Gasteiger partial charge in [0.05, 0.1) is 17.0 Å². The van der Waals surface area contributed by atoms with Crippen LogP contribution in [0.25, 0.3) is 0 Å². The summed E-state index contributed by atoms with van der Waals surface area (Å²) in [6, 6.07) is 1.79. The first-order chi connectivity index (χ1) is 9.20. The number of nitrogens with one attached hydrogen (secondary N) is 1. The standard InChI is InChI=1S/C14H14N2OS2/c1-10-7-18-8-12(10)6-16-14(17)11-5-13(19-9-11)3-2-4-15/h5,7-9H,4,6,15H2,1H3,(H,16,17). The molecule has 1 amide bonds. The van der Waals surface area contributed by atoms with Gasteiger partial charge in [0.1, 0.15) is 0 Å². The number of carbonyl (C=O) groups is 1. The molecule has 0 saturated carbocycles. The summed E-state index contributed by atoms with van der Waals surface area (Å²) in [4.78, 5) is 12.8. The van der Waals surface area contributed by atoms with Crippen molar-refractivity contribution in [3.05, 3.63) is 43.8 Å². The second-order valence-corrected chi connectivity index (χ2v) is 5.62. The van der Waals surface area contributed by atoms with Crippen LogP contribution in [0.4, 0.5) is 0 Å². The molecule has 0 spiro atoms. The van der Waals surface area contributed by atoms with Crippen molar-refractivity contribution < 1.29 is 4.79 Å². The molecule has 0 fully saturated rings. The molecule has 0 aliphatic rings. The van der Waals surface area contributed by atoms with Crippen LogP contribution in [-0.2, 0) is 6.54 Å². The molecule has 3 N–H and O–H groups in total. The van der Waals surface area contributed by atoms with Gasteiger partial charge >= 0.3 is 0 Å². The van der Waals surface area contributed by atoms with Crippen LogP contribution in [0.15, 0.2) is 22.2 Å². The van der Waals surface area contributed by atoms with Crippen LogP contribution < -0.4 is 11.1 Å². The predicted molar refractivity (Wildman–Crippen MR) is 80.5 cm³/mol. The fourth-order valence-electron chi connectivity index (χ4n) is 1.50. The van der Waals surface area contributed by atoms with E-state index in [0.717, 1.165) is 10.4 Å². The summed E-state index contributed by atoms with van der Waals surface area (Å²) >= 11 is 3.10. The van der Waals surface area contributed by atoms with Crippen LogP contribution in [0, 0.1) is 18.8 Å². The van der Waals surface area contributed by atoms with Crippen LogP contribution in [-0.4, -0.2) is 12.5 Å². The second kappa shape index (κ2) is 6.53. The van der Waals surface area contributed by atoms with Gasteiger partial charge in [0.25, 0.3) is 5.91 Å². The van der Waals surface area contributed by atoms with E-state index in [0.29, 0.717) is 18.7 Å². The lowest BCUT2D eigenvalue weighted by atomic mass is 10.2. The van der Waals surface area contributed by atoms with Crippen molar-refractivity contribution in [2.45, 2.75) is 13.5 Å². The molecule has 3 nitrogen and oxygen atoms in total. The molecule has 2 rings (SSSR count). The van der Waals surface area contributed by atoms with E-state index in [1.807, 2.05) is 12.3 Å². The normalized spacial score (nSPS) is 9.79. The summed E-state index contributed by atoms with van der Waals surface area (Å²) in [7, 11) is 0. The molecule has 2 aromatic heterocycles. The number of carbonyl (C=O) groups excluding carboxylic acids is 1. The number of hydrogen-bond acceptors (Lipinski definition) is 4. The van der Waals surface area contributed by atoms with Gasteiger partial charge in [-0.2, -0.15) is 11.3 Å². The molecule has 0 aliphatic carbocycles. The van der Waals surface area contributed by atoms with Crippen molar-refractivity contribution >= 4 is 28.6 Å². The average molecular weight is 290 g/mol. The fraction of sp³-hybridized carbons (Fsp3) is 0.214. The van der Waals surface area contributed by atoms with E-state index >= 15 is 0 Å². The molecule has 0 saturated heterocycles. The number of thiophene rings is 2. The van der Waals surface area contributed by atoms with E-state index in [2.05, 4.69) is 27.9 Å². The third kappa shape index (κ3) is 3.67. The topological polar surface area (TPSA) is 55.1 Å². The minimum atomic E-state index is -0.0670. The lowest BCUT2D eigenvalue weighted by Gasteiger charge is -2.02. The zero-order chi connectivity index (χ0) is 13.7. The monoisotopic (exact) mass is 290 g/mol. The highest BCUT2D eigenvalue weighted by atomic mass is 32.1. The fourth-order valence-corrected chi connectivity index (χ4v) is 3.12. The van der Waals surface area contributed by atoms with E-state index in [4.69, 9.17) is 5.73 Å². The summed E-state index contributed by atoms with van der Waals surface area (Å²) < 4.78 is 0. The van der Waals surface area contributed by atoms with Crippen LogP contribution in [0.5, 0.6) is 0 Å². The molecule has 0 unspecified atom stereocenters. The number of hydrogen-bond donors (Lipinski definition) is 2. The maximum absolute atomic E-state index is 12.0. The zero-order valence-electron chi connectivity index (χ0n) is 10.5. The van der Waals surface area contributed by atoms with E-state index in [9.17, 15) is 4.79 Å². The van der Waals surface area contributed by atoms with Gasteiger partial charge in [0, 0.05) is 11.9 Å². The Bertz CT molecular complexity index is 631. The third-order valence-corrected chi connectivity index (χ3v) is 4.33. The molecule has 2 aromatic rings. The Morgan fingerprint density at radius 3 is 2.95 bits per heavy atom. The molecular formula is C14H14N2OS2. The third-order valence-electron chi connectivity index (χ3n) is 2.58. The highest BCUT2D eigenvalue weighted by Crippen LogP contribution is 2.15. The van der Waals surface area contributed by atoms with Gasteiger partial charge in [-0.05, 0) is 34.9 Å². The van der Waals surface area contributed by atoms with E-state index in [-0.39, 0.29) is 5.91 Å². The van der Waals surface area contributed by atoms with Gasteiger partial charge in [0.15, 0.2) is 0 Å². The molecule has 98 valence electrons. The van der Waals surface area contributed by atoms with Crippen LogP contribution in [0.2, 0.25) is 0 Å². The molecule has 5 heteroatoms. The van der Waals surface area contributed by atoms with Gasteiger partial charge in [-0.15, -0.1) is 11.3 Å². The maximum Gasteiger partial charge on any atom is 0.252 e. The van der Waals surface area contributed by atoms with Crippen molar-refractivity contribution in [1.29, 1.82) is 0 Å². The average Bonchev–Trinajstić information content (AvgIpc) is 3.03. The Kier molecular flexibility index (Phi) is 4.74. The van der Waals surface area contributed by atoms with Crippen molar-refractivity contribution in [1.82, 2.24) is 5.32 Å². The smallest absolute Gasteiger partial charge is 0.252 e. The highest BCUT2D eigenvalue weighted by Gasteiger charge is 2.08. The number of amides is 1. The van der Waals surface area contributed by atoms with Gasteiger partial charge in [-0.1, -0.05) is 11.8 Å². The van der Waals surface area contributed by atoms with Gasteiger partial charge in [0.2, 0.25) is 0 Å².